The number of fused-ring (bicyclic) bond motifs is 2. The van der Waals surface area contributed by atoms with Gasteiger partial charge in [-0.1, -0.05) is 66.9 Å². The minimum absolute atomic E-state index is 0.219. The molecule has 3 atom stereocenters. The Kier molecular flexibility index (Phi) is 4.69. The highest BCUT2D eigenvalue weighted by atomic mass is 15.3. The maximum Gasteiger partial charge on any atom is 0.0700 e. The van der Waals surface area contributed by atoms with Gasteiger partial charge in [0.25, 0.3) is 0 Å². The van der Waals surface area contributed by atoms with Gasteiger partial charge in [0, 0.05) is 0 Å². The molecule has 0 saturated heterocycles. The lowest BCUT2D eigenvalue weighted by atomic mass is 9.56. The molecule has 2 nitrogen and oxygen atoms in total. The van der Waals surface area contributed by atoms with Gasteiger partial charge in [-0.25, -0.2) is 4.68 Å². The normalized spacial score (nSPS) is 24.0. The molecule has 2 aliphatic carbocycles. The van der Waals surface area contributed by atoms with Crippen molar-refractivity contribution in [2.75, 3.05) is 0 Å². The van der Waals surface area contributed by atoms with Crippen LogP contribution in [0.4, 0.5) is 0 Å². The van der Waals surface area contributed by atoms with E-state index in [2.05, 4.69) is 93.2 Å². The van der Waals surface area contributed by atoms with Crippen molar-refractivity contribution in [3.05, 3.63) is 88.2 Å². The van der Waals surface area contributed by atoms with E-state index in [1.165, 1.54) is 47.2 Å². The van der Waals surface area contributed by atoms with Crippen molar-refractivity contribution >= 4 is 6.08 Å². The van der Waals surface area contributed by atoms with Crippen molar-refractivity contribution in [2.24, 2.45) is 11.3 Å². The molecule has 0 radical (unpaired) electrons. The summed E-state index contributed by atoms with van der Waals surface area (Å²) < 4.78 is 2.13. The SMILES string of the molecule is Cc1ccc([C@H](C)[C@H]2CCCC3=Cc4c(cnn4-c4ccc(C)cc4)C[C@@]32C)cc1. The number of allylic oxidation sites excluding steroid dienone is 1. The van der Waals surface area contributed by atoms with Gasteiger partial charge in [0.2, 0.25) is 0 Å². The molecule has 0 aliphatic heterocycles. The van der Waals surface area contributed by atoms with E-state index in [0.717, 1.165) is 12.1 Å². The number of aryl methyl sites for hydroxylation is 2. The number of hydrogen-bond donors (Lipinski definition) is 0. The molecule has 0 amide bonds. The van der Waals surface area contributed by atoms with Crippen LogP contribution in [0.15, 0.2) is 60.3 Å². The van der Waals surface area contributed by atoms with Crippen LogP contribution in [0.5, 0.6) is 0 Å². The van der Waals surface area contributed by atoms with Crippen molar-refractivity contribution in [1.29, 1.82) is 0 Å². The average Bonchev–Trinajstić information content (AvgIpc) is 3.14. The summed E-state index contributed by atoms with van der Waals surface area (Å²) in [6, 6.07) is 17.9. The first-order valence-corrected chi connectivity index (χ1v) is 11.4. The molecule has 1 heterocycles. The molecule has 1 fully saturated rings. The third-order valence-electron chi connectivity index (χ3n) is 7.75. The minimum atomic E-state index is 0.219. The number of hydrogen-bond acceptors (Lipinski definition) is 1. The highest BCUT2D eigenvalue weighted by molar-refractivity contribution is 5.61. The highest BCUT2D eigenvalue weighted by Crippen LogP contribution is 2.55. The van der Waals surface area contributed by atoms with Crippen LogP contribution in [0.25, 0.3) is 11.8 Å². The van der Waals surface area contributed by atoms with Crippen LogP contribution in [0, 0.1) is 25.2 Å². The summed E-state index contributed by atoms with van der Waals surface area (Å²) in [4.78, 5) is 0. The molecule has 2 heteroatoms. The monoisotopic (exact) mass is 396 g/mol. The van der Waals surface area contributed by atoms with Crippen LogP contribution in [0.3, 0.4) is 0 Å². The second kappa shape index (κ2) is 7.27. The Bertz CT molecular complexity index is 1080. The van der Waals surface area contributed by atoms with E-state index in [-0.39, 0.29) is 5.41 Å². The lowest BCUT2D eigenvalue weighted by molar-refractivity contribution is 0.155. The lowest BCUT2D eigenvalue weighted by Crippen LogP contribution is -2.39. The summed E-state index contributed by atoms with van der Waals surface area (Å²) in [5.74, 6) is 1.23. The van der Waals surface area contributed by atoms with Crippen molar-refractivity contribution in [3.63, 3.8) is 0 Å². The summed E-state index contributed by atoms with van der Waals surface area (Å²) in [6.45, 7) is 9.26. The van der Waals surface area contributed by atoms with Crippen molar-refractivity contribution in [2.45, 2.75) is 59.3 Å². The third-order valence-corrected chi connectivity index (χ3v) is 7.75. The predicted octanol–water partition coefficient (Wildman–Crippen LogP) is 7.04. The fourth-order valence-electron chi connectivity index (χ4n) is 5.87. The molecule has 2 aromatic carbocycles. The smallest absolute Gasteiger partial charge is 0.0700 e. The van der Waals surface area contributed by atoms with Gasteiger partial charge in [0.1, 0.15) is 0 Å². The second-order valence-corrected chi connectivity index (χ2v) is 9.76. The van der Waals surface area contributed by atoms with Gasteiger partial charge in [-0.3, -0.25) is 0 Å². The molecular weight excluding hydrogens is 364 g/mol. The minimum Gasteiger partial charge on any atom is -0.233 e. The van der Waals surface area contributed by atoms with Gasteiger partial charge in [-0.2, -0.15) is 5.10 Å². The van der Waals surface area contributed by atoms with E-state index in [1.54, 1.807) is 5.57 Å². The van der Waals surface area contributed by atoms with Gasteiger partial charge < -0.3 is 0 Å². The fraction of sp³-hybridized carbons (Fsp3) is 0.393. The largest absolute Gasteiger partial charge is 0.233 e. The van der Waals surface area contributed by atoms with Crippen LogP contribution in [0.1, 0.15) is 67.0 Å². The highest BCUT2D eigenvalue weighted by Gasteiger charge is 2.45. The zero-order chi connectivity index (χ0) is 20.9. The zero-order valence-electron chi connectivity index (χ0n) is 18.7. The van der Waals surface area contributed by atoms with E-state index in [4.69, 9.17) is 5.10 Å². The quantitative estimate of drug-likeness (QED) is 0.464. The molecule has 2 aliphatic rings. The second-order valence-electron chi connectivity index (χ2n) is 9.76. The number of aromatic nitrogens is 2. The predicted molar refractivity (Wildman–Crippen MR) is 125 cm³/mol. The number of nitrogens with zero attached hydrogens (tertiary/aromatic N) is 2. The molecule has 1 saturated carbocycles. The molecule has 0 unspecified atom stereocenters. The summed E-state index contributed by atoms with van der Waals surface area (Å²) in [6.07, 6.45) is 9.49. The maximum atomic E-state index is 4.80. The molecule has 3 aromatic rings. The van der Waals surface area contributed by atoms with Crippen LogP contribution < -0.4 is 0 Å². The first-order valence-electron chi connectivity index (χ1n) is 11.4. The maximum absolute atomic E-state index is 4.80. The molecule has 0 bridgehead atoms. The molecule has 30 heavy (non-hydrogen) atoms. The van der Waals surface area contributed by atoms with Crippen molar-refractivity contribution in [3.8, 4) is 5.69 Å². The Morgan fingerprint density at radius 1 is 1.00 bits per heavy atom. The van der Waals surface area contributed by atoms with E-state index >= 15 is 0 Å². The molecular formula is C28H32N2. The Morgan fingerprint density at radius 3 is 2.37 bits per heavy atom. The first-order chi connectivity index (χ1) is 14.5. The molecule has 5 rings (SSSR count). The van der Waals surface area contributed by atoms with Crippen LogP contribution in [-0.2, 0) is 6.42 Å². The molecule has 154 valence electrons. The van der Waals surface area contributed by atoms with Gasteiger partial charge in [0.05, 0.1) is 17.6 Å². The molecule has 0 N–H and O–H groups in total. The van der Waals surface area contributed by atoms with Gasteiger partial charge >= 0.3 is 0 Å². The Morgan fingerprint density at radius 2 is 1.67 bits per heavy atom. The number of benzene rings is 2. The zero-order valence-corrected chi connectivity index (χ0v) is 18.7. The van der Waals surface area contributed by atoms with E-state index < -0.39 is 0 Å². The Balaban J connectivity index is 1.51. The van der Waals surface area contributed by atoms with E-state index in [1.807, 2.05) is 0 Å². The number of rotatable bonds is 3. The summed E-state index contributed by atoms with van der Waals surface area (Å²) in [7, 11) is 0. The van der Waals surface area contributed by atoms with Crippen LogP contribution in [-0.4, -0.2) is 9.78 Å². The average molecular weight is 397 g/mol. The first kappa shape index (κ1) is 19.4. The van der Waals surface area contributed by atoms with E-state index in [9.17, 15) is 0 Å². The third kappa shape index (κ3) is 3.14. The Hall–Kier alpha value is -2.61. The Labute approximate surface area is 180 Å². The van der Waals surface area contributed by atoms with E-state index in [0.29, 0.717) is 11.8 Å². The topological polar surface area (TPSA) is 17.8 Å². The fourth-order valence-corrected chi connectivity index (χ4v) is 5.87. The van der Waals surface area contributed by atoms with Gasteiger partial charge in [-0.15, -0.1) is 0 Å². The summed E-state index contributed by atoms with van der Waals surface area (Å²) in [5, 5.41) is 4.80. The van der Waals surface area contributed by atoms with Crippen LogP contribution in [0.2, 0.25) is 0 Å². The van der Waals surface area contributed by atoms with Crippen LogP contribution >= 0.6 is 0 Å². The van der Waals surface area contributed by atoms with Gasteiger partial charge in [-0.05, 0) is 86.1 Å². The molecule has 0 spiro atoms. The lowest BCUT2D eigenvalue weighted by Gasteiger charge is -2.48. The van der Waals surface area contributed by atoms with Gasteiger partial charge in [0.15, 0.2) is 0 Å². The standard InChI is InChI=1S/C28H32N2/c1-19-8-12-22(13-9-19)21(3)26-7-5-6-24-16-27-23(17-28(24,26)4)18-29-30(27)25-14-10-20(2)11-15-25/h8-16,18,21,26H,5-7,17H2,1-4H3/t21-,26+,28-/m0/s1. The summed E-state index contributed by atoms with van der Waals surface area (Å²) in [5.41, 5.74) is 9.78. The van der Waals surface area contributed by atoms with Crippen molar-refractivity contribution < 1.29 is 0 Å². The van der Waals surface area contributed by atoms with Crippen molar-refractivity contribution in [1.82, 2.24) is 9.78 Å². The molecule has 1 aromatic heterocycles. The summed E-state index contributed by atoms with van der Waals surface area (Å²) >= 11 is 0.